The quantitative estimate of drug-likeness (QED) is 0.533. The van der Waals surface area contributed by atoms with E-state index in [0.717, 1.165) is 12.4 Å². The second-order valence-corrected chi connectivity index (χ2v) is 2.65. The van der Waals surface area contributed by atoms with Gasteiger partial charge in [0.1, 0.15) is 12.4 Å². The maximum Gasteiger partial charge on any atom is 0.137 e. The minimum atomic E-state index is 0.726. The molecule has 0 aromatic carbocycles. The largest absolute Gasteiger partial charge is 0.488 e. The molecular weight excluding hydrogens is 132 g/mol. The molecule has 2 heteroatoms. The lowest BCUT2D eigenvalue weighted by molar-refractivity contribution is 0.360. The Kier molecular flexibility index (Phi) is 1.06. The highest BCUT2D eigenvalue weighted by Gasteiger charge is 2.03. The first kappa shape index (κ1) is 5.06. The number of thiophene rings is 1. The van der Waals surface area contributed by atoms with E-state index in [2.05, 4.69) is 11.5 Å². The lowest BCUT2D eigenvalue weighted by Crippen LogP contribution is -1.96. The third-order valence-electron chi connectivity index (χ3n) is 1.29. The monoisotopic (exact) mass is 138 g/mol. The fourth-order valence-electron chi connectivity index (χ4n) is 0.847. The van der Waals surface area contributed by atoms with Gasteiger partial charge in [0.15, 0.2) is 0 Å². The van der Waals surface area contributed by atoms with Crippen molar-refractivity contribution in [2.75, 3.05) is 6.61 Å². The molecule has 0 fully saturated rings. The van der Waals surface area contributed by atoms with Gasteiger partial charge in [-0.3, -0.25) is 0 Å². The summed E-state index contributed by atoms with van der Waals surface area (Å²) in [5.41, 5.74) is 1.21. The predicted molar refractivity (Wildman–Crippen MR) is 38.8 cm³/mol. The Morgan fingerprint density at radius 1 is 1.44 bits per heavy atom. The van der Waals surface area contributed by atoms with Crippen molar-refractivity contribution >= 4 is 17.4 Å². The van der Waals surface area contributed by atoms with Crippen LogP contribution in [0.3, 0.4) is 0 Å². The van der Waals surface area contributed by atoms with Crippen LogP contribution >= 0.6 is 11.3 Å². The topological polar surface area (TPSA) is 9.23 Å². The zero-order chi connectivity index (χ0) is 6.10. The van der Waals surface area contributed by atoms with Crippen LogP contribution in [0, 0.1) is 0 Å². The summed E-state index contributed by atoms with van der Waals surface area (Å²) in [7, 11) is 0. The van der Waals surface area contributed by atoms with Crippen LogP contribution in [0.15, 0.2) is 16.8 Å². The van der Waals surface area contributed by atoms with E-state index in [9.17, 15) is 0 Å². The first-order valence-electron chi connectivity index (χ1n) is 2.82. The van der Waals surface area contributed by atoms with Gasteiger partial charge in [0.25, 0.3) is 0 Å². The first-order chi connectivity index (χ1) is 4.47. The number of fused-ring (bicyclic) bond motifs is 1. The van der Waals surface area contributed by atoms with Gasteiger partial charge in [0, 0.05) is 16.3 Å². The van der Waals surface area contributed by atoms with Crippen molar-refractivity contribution in [3.63, 3.8) is 0 Å². The highest BCUT2D eigenvalue weighted by molar-refractivity contribution is 7.08. The number of hydrogen-bond donors (Lipinski definition) is 0. The summed E-state index contributed by atoms with van der Waals surface area (Å²) in [6.45, 7) is 0.726. The molecule has 0 amide bonds. The van der Waals surface area contributed by atoms with E-state index in [-0.39, 0.29) is 0 Å². The van der Waals surface area contributed by atoms with Gasteiger partial charge in [-0.2, -0.15) is 0 Å². The minimum absolute atomic E-state index is 0.726. The molecule has 0 saturated carbocycles. The van der Waals surface area contributed by atoms with Gasteiger partial charge in [0.05, 0.1) is 0 Å². The average molecular weight is 138 g/mol. The van der Waals surface area contributed by atoms with E-state index in [0.29, 0.717) is 0 Å². The average Bonchev–Trinajstić information content (AvgIpc) is 2.33. The first-order valence-corrected chi connectivity index (χ1v) is 3.76. The van der Waals surface area contributed by atoms with Crippen LogP contribution in [0.25, 0.3) is 6.08 Å². The maximum absolute atomic E-state index is 5.29. The second kappa shape index (κ2) is 1.88. The molecule has 0 unspecified atom stereocenters. The van der Waals surface area contributed by atoms with Gasteiger partial charge in [-0.05, 0) is 6.08 Å². The normalized spacial score (nSPS) is 14.7. The fourth-order valence-corrected chi connectivity index (χ4v) is 1.58. The van der Waals surface area contributed by atoms with Gasteiger partial charge < -0.3 is 4.74 Å². The van der Waals surface area contributed by atoms with Crippen molar-refractivity contribution in [1.29, 1.82) is 0 Å². The Morgan fingerprint density at radius 3 is 3.33 bits per heavy atom. The summed E-state index contributed by atoms with van der Waals surface area (Å²) in [6.07, 6.45) is 4.12. The smallest absolute Gasteiger partial charge is 0.137 e. The van der Waals surface area contributed by atoms with E-state index in [4.69, 9.17) is 4.74 Å². The SMILES string of the molecule is C1=Cc2cscc2OC1. The minimum Gasteiger partial charge on any atom is -0.488 e. The zero-order valence-electron chi connectivity index (χ0n) is 4.83. The zero-order valence-corrected chi connectivity index (χ0v) is 5.65. The Bertz CT molecular complexity index is 237. The Hall–Kier alpha value is -0.760. The van der Waals surface area contributed by atoms with Crippen molar-refractivity contribution in [3.8, 4) is 5.75 Å². The molecule has 1 aliphatic heterocycles. The molecule has 9 heavy (non-hydrogen) atoms. The lowest BCUT2D eigenvalue weighted by Gasteiger charge is -2.05. The number of rotatable bonds is 0. The number of hydrogen-bond acceptors (Lipinski definition) is 2. The van der Waals surface area contributed by atoms with E-state index >= 15 is 0 Å². The molecule has 1 aromatic rings. The van der Waals surface area contributed by atoms with Crippen LogP contribution in [-0.4, -0.2) is 6.61 Å². The molecule has 0 saturated heterocycles. The summed E-state index contributed by atoms with van der Waals surface area (Å²) in [5, 5.41) is 4.11. The summed E-state index contributed by atoms with van der Waals surface area (Å²) in [6, 6.07) is 0. The molecule has 1 nitrogen and oxygen atoms in total. The van der Waals surface area contributed by atoms with E-state index in [1.807, 2.05) is 11.5 Å². The molecule has 46 valence electrons. The predicted octanol–water partition coefficient (Wildman–Crippen LogP) is 2.15. The highest BCUT2D eigenvalue weighted by atomic mass is 32.1. The maximum atomic E-state index is 5.29. The van der Waals surface area contributed by atoms with Crippen molar-refractivity contribution in [3.05, 3.63) is 22.4 Å². The molecule has 0 aliphatic carbocycles. The molecule has 0 spiro atoms. The van der Waals surface area contributed by atoms with Gasteiger partial charge in [0.2, 0.25) is 0 Å². The van der Waals surface area contributed by atoms with E-state index in [1.54, 1.807) is 11.3 Å². The van der Waals surface area contributed by atoms with Crippen LogP contribution in [0.1, 0.15) is 5.56 Å². The molecule has 2 rings (SSSR count). The van der Waals surface area contributed by atoms with Crippen LogP contribution in [0.4, 0.5) is 0 Å². The number of ether oxygens (including phenoxy) is 1. The third kappa shape index (κ3) is 0.754. The Labute approximate surface area is 57.6 Å². The summed E-state index contributed by atoms with van der Waals surface area (Å²) in [5.74, 6) is 1.03. The molecule has 2 heterocycles. The van der Waals surface area contributed by atoms with Crippen LogP contribution in [-0.2, 0) is 0 Å². The molecule has 0 atom stereocenters. The highest BCUT2D eigenvalue weighted by Crippen LogP contribution is 2.26. The van der Waals surface area contributed by atoms with Gasteiger partial charge in [-0.1, -0.05) is 6.08 Å². The standard InChI is InChI=1S/C7H6OS/c1-2-6-4-9-5-7(6)8-3-1/h1-2,4-5H,3H2. The Balaban J connectivity index is 2.53. The van der Waals surface area contributed by atoms with Crippen molar-refractivity contribution in [2.24, 2.45) is 0 Å². The van der Waals surface area contributed by atoms with Crippen LogP contribution < -0.4 is 4.74 Å². The van der Waals surface area contributed by atoms with Gasteiger partial charge >= 0.3 is 0 Å². The Morgan fingerprint density at radius 2 is 2.44 bits per heavy atom. The summed E-state index contributed by atoms with van der Waals surface area (Å²) < 4.78 is 5.29. The van der Waals surface area contributed by atoms with Gasteiger partial charge in [-0.25, -0.2) is 0 Å². The van der Waals surface area contributed by atoms with E-state index < -0.39 is 0 Å². The second-order valence-electron chi connectivity index (χ2n) is 1.90. The third-order valence-corrected chi connectivity index (χ3v) is 2.03. The molecule has 0 bridgehead atoms. The molecule has 1 aliphatic rings. The van der Waals surface area contributed by atoms with Crippen molar-refractivity contribution in [1.82, 2.24) is 0 Å². The molecular formula is C7H6OS. The summed E-state index contributed by atoms with van der Waals surface area (Å²) in [4.78, 5) is 0. The van der Waals surface area contributed by atoms with Crippen LogP contribution in [0.5, 0.6) is 5.75 Å². The molecule has 1 aromatic heterocycles. The molecule has 0 radical (unpaired) electrons. The van der Waals surface area contributed by atoms with Crippen molar-refractivity contribution in [2.45, 2.75) is 0 Å². The fraction of sp³-hybridized carbons (Fsp3) is 0.143. The lowest BCUT2D eigenvalue weighted by atomic mass is 10.2. The molecule has 0 N–H and O–H groups in total. The van der Waals surface area contributed by atoms with E-state index in [1.165, 1.54) is 5.56 Å². The van der Waals surface area contributed by atoms with Gasteiger partial charge in [-0.15, -0.1) is 11.3 Å². The summed E-state index contributed by atoms with van der Waals surface area (Å²) >= 11 is 1.68. The van der Waals surface area contributed by atoms with Crippen LogP contribution in [0.2, 0.25) is 0 Å². The van der Waals surface area contributed by atoms with Crippen molar-refractivity contribution < 1.29 is 4.74 Å².